The van der Waals surface area contributed by atoms with Gasteiger partial charge in [-0.3, -0.25) is 4.90 Å². The molecular weight excluding hydrogens is 524 g/mol. The van der Waals surface area contributed by atoms with Crippen LogP contribution in [0, 0.1) is 12.8 Å². The van der Waals surface area contributed by atoms with Crippen molar-refractivity contribution in [1.82, 2.24) is 9.88 Å². The van der Waals surface area contributed by atoms with Crippen LogP contribution in [0.2, 0.25) is 0 Å². The van der Waals surface area contributed by atoms with E-state index in [-0.39, 0.29) is 5.92 Å². The molecule has 1 aromatic heterocycles. The van der Waals surface area contributed by atoms with Crippen molar-refractivity contribution in [1.29, 1.82) is 0 Å². The number of aryl methyl sites for hydroxylation is 1. The highest BCUT2D eigenvalue weighted by molar-refractivity contribution is 5.84. The number of oxazole rings is 1. The van der Waals surface area contributed by atoms with Gasteiger partial charge in [0.2, 0.25) is 5.89 Å². The minimum atomic E-state index is -0.732. The fourth-order valence-corrected chi connectivity index (χ4v) is 4.89. The Morgan fingerprint density at radius 1 is 0.951 bits per heavy atom. The molecule has 3 aromatic carbocycles. The Hall–Kier alpha value is -4.79. The fraction of sp³-hybridized carbons (Fsp3) is 0.281. The summed E-state index contributed by atoms with van der Waals surface area (Å²) in [4.78, 5) is 31.4. The lowest BCUT2D eigenvalue weighted by Crippen LogP contribution is -2.63. The maximum Gasteiger partial charge on any atom is 0.416 e. The van der Waals surface area contributed by atoms with Gasteiger partial charge in [0.05, 0.1) is 26.5 Å². The van der Waals surface area contributed by atoms with Crippen LogP contribution in [0.3, 0.4) is 0 Å². The van der Waals surface area contributed by atoms with Crippen LogP contribution in [0.5, 0.6) is 17.2 Å². The normalized spacial score (nSPS) is 16.0. The van der Waals surface area contributed by atoms with E-state index in [2.05, 4.69) is 4.98 Å². The zero-order chi connectivity index (χ0) is 28.8. The largest absolute Gasteiger partial charge is 0.497 e. The van der Waals surface area contributed by atoms with Gasteiger partial charge in [0.15, 0.2) is 0 Å². The molecule has 1 saturated heterocycles. The number of likely N-dealkylation sites (tertiary alicyclic amines) is 1. The predicted octanol–water partition coefficient (Wildman–Crippen LogP) is 5.50. The molecule has 9 heteroatoms. The molecule has 0 unspecified atom stereocenters. The molecule has 212 valence electrons. The molecule has 0 bridgehead atoms. The molecule has 2 atom stereocenters. The Morgan fingerprint density at radius 2 is 1.71 bits per heavy atom. The zero-order valence-corrected chi connectivity index (χ0v) is 23.2. The lowest BCUT2D eigenvalue weighted by atomic mass is 9.83. The summed E-state index contributed by atoms with van der Waals surface area (Å²) in [5.41, 5.74) is 2.79. The number of esters is 1. The Kier molecular flexibility index (Phi) is 8.53. The first-order valence-electron chi connectivity index (χ1n) is 13.4. The molecule has 0 saturated carbocycles. The third-order valence-electron chi connectivity index (χ3n) is 7.07. The number of benzene rings is 3. The monoisotopic (exact) mass is 556 g/mol. The van der Waals surface area contributed by atoms with Crippen LogP contribution in [-0.4, -0.2) is 55.4 Å². The summed E-state index contributed by atoms with van der Waals surface area (Å²) < 4.78 is 27.5. The number of nitrogens with zero attached hydrogens (tertiary/aromatic N) is 2. The zero-order valence-electron chi connectivity index (χ0n) is 23.2. The van der Waals surface area contributed by atoms with Crippen molar-refractivity contribution in [2.24, 2.45) is 5.92 Å². The highest BCUT2D eigenvalue weighted by atomic mass is 16.6. The van der Waals surface area contributed by atoms with Gasteiger partial charge in [-0.15, -0.1) is 0 Å². The van der Waals surface area contributed by atoms with Gasteiger partial charge in [0.25, 0.3) is 0 Å². The molecule has 2 heterocycles. The number of hydrogen-bond acceptors (Lipinski definition) is 8. The van der Waals surface area contributed by atoms with Gasteiger partial charge >= 0.3 is 12.1 Å². The lowest BCUT2D eigenvalue weighted by molar-refractivity contribution is -0.154. The first-order valence-corrected chi connectivity index (χ1v) is 13.4. The molecule has 0 aliphatic carbocycles. The predicted molar refractivity (Wildman–Crippen MR) is 151 cm³/mol. The minimum Gasteiger partial charge on any atom is -0.497 e. The fourth-order valence-electron chi connectivity index (χ4n) is 4.89. The smallest absolute Gasteiger partial charge is 0.416 e. The topological polar surface area (TPSA) is 100 Å². The summed E-state index contributed by atoms with van der Waals surface area (Å²) >= 11 is 0. The van der Waals surface area contributed by atoms with Crippen molar-refractivity contribution in [2.75, 3.05) is 27.4 Å². The Morgan fingerprint density at radius 3 is 2.44 bits per heavy atom. The van der Waals surface area contributed by atoms with Crippen molar-refractivity contribution in [2.45, 2.75) is 25.8 Å². The van der Waals surface area contributed by atoms with E-state index in [9.17, 15) is 9.59 Å². The third-order valence-corrected chi connectivity index (χ3v) is 7.07. The summed E-state index contributed by atoms with van der Waals surface area (Å²) in [5.74, 6) is 2.52. The number of carbonyl (C=O) groups excluding carboxylic acids is 2. The second-order valence-electron chi connectivity index (χ2n) is 9.76. The standard InChI is InChI=1S/C32H32N2O7/c1-21-28(33-30(40-21)23-9-5-4-6-10-23)16-17-39-27-11-7-8-22(19-27)18-24-20-34(29(24)31(35)38-3)32(36)41-26-14-12-25(37-2)13-15-26/h4-15,19,24,29H,16-18,20H2,1-3H3/t24-,29+/m1/s1. The quantitative estimate of drug-likeness (QED) is 0.236. The van der Waals surface area contributed by atoms with Gasteiger partial charge in [-0.2, -0.15) is 0 Å². The molecule has 5 rings (SSSR count). The second kappa shape index (κ2) is 12.6. The van der Waals surface area contributed by atoms with Crippen LogP contribution in [0.1, 0.15) is 17.0 Å². The maximum absolute atomic E-state index is 12.8. The first kappa shape index (κ1) is 27.8. The molecule has 1 fully saturated rings. The molecule has 0 radical (unpaired) electrons. The number of rotatable bonds is 10. The van der Waals surface area contributed by atoms with E-state index < -0.39 is 18.1 Å². The minimum absolute atomic E-state index is 0.115. The summed E-state index contributed by atoms with van der Waals surface area (Å²) in [7, 11) is 2.88. The SMILES string of the molecule is COC(=O)[C@@H]1[C@H](Cc2cccc(OCCc3nc(-c4ccccc4)oc3C)c2)CN1C(=O)Oc1ccc(OC)cc1. The molecule has 4 aromatic rings. The van der Waals surface area contributed by atoms with Crippen LogP contribution in [-0.2, 0) is 22.4 Å². The van der Waals surface area contributed by atoms with E-state index in [1.165, 1.54) is 12.0 Å². The van der Waals surface area contributed by atoms with Crippen molar-refractivity contribution >= 4 is 12.1 Å². The Labute approximate surface area is 238 Å². The van der Waals surface area contributed by atoms with Crippen LogP contribution in [0.4, 0.5) is 4.79 Å². The van der Waals surface area contributed by atoms with Gasteiger partial charge in [-0.25, -0.2) is 14.6 Å². The van der Waals surface area contributed by atoms with Crippen molar-refractivity contribution < 1.29 is 33.0 Å². The molecule has 1 amide bonds. The molecular formula is C32H32N2O7. The highest BCUT2D eigenvalue weighted by Crippen LogP contribution is 2.32. The summed E-state index contributed by atoms with van der Waals surface area (Å²) in [5, 5.41) is 0. The maximum atomic E-state index is 12.8. The van der Waals surface area contributed by atoms with E-state index in [1.807, 2.05) is 61.5 Å². The Bertz CT molecular complexity index is 1480. The third kappa shape index (κ3) is 6.51. The Balaban J connectivity index is 1.17. The van der Waals surface area contributed by atoms with Crippen LogP contribution >= 0.6 is 0 Å². The van der Waals surface area contributed by atoms with Gasteiger partial charge in [0.1, 0.15) is 29.1 Å². The molecule has 9 nitrogen and oxygen atoms in total. The van der Waals surface area contributed by atoms with Crippen molar-refractivity contribution in [3.05, 3.63) is 95.9 Å². The number of carbonyl (C=O) groups is 2. The summed E-state index contributed by atoms with van der Waals surface area (Å²) in [6.45, 7) is 2.71. The van der Waals surface area contributed by atoms with Gasteiger partial charge in [0, 0.05) is 24.4 Å². The first-order chi connectivity index (χ1) is 19.9. The van der Waals surface area contributed by atoms with Crippen molar-refractivity contribution in [3.63, 3.8) is 0 Å². The van der Waals surface area contributed by atoms with E-state index in [4.69, 9.17) is 23.4 Å². The number of methoxy groups -OCH3 is 2. The molecule has 41 heavy (non-hydrogen) atoms. The highest BCUT2D eigenvalue weighted by Gasteiger charge is 2.48. The summed E-state index contributed by atoms with van der Waals surface area (Å²) in [6.07, 6.45) is 0.578. The lowest BCUT2D eigenvalue weighted by Gasteiger charge is -2.45. The van der Waals surface area contributed by atoms with E-state index in [1.54, 1.807) is 31.4 Å². The average molecular weight is 557 g/mol. The average Bonchev–Trinajstić information content (AvgIpc) is 3.36. The van der Waals surface area contributed by atoms with E-state index in [0.29, 0.717) is 43.4 Å². The molecule has 0 N–H and O–H groups in total. The van der Waals surface area contributed by atoms with E-state index >= 15 is 0 Å². The number of amides is 1. The van der Waals surface area contributed by atoms with Gasteiger partial charge in [-0.1, -0.05) is 30.3 Å². The van der Waals surface area contributed by atoms with Crippen molar-refractivity contribution in [3.8, 4) is 28.7 Å². The van der Waals surface area contributed by atoms with E-state index in [0.717, 1.165) is 28.3 Å². The number of hydrogen-bond donors (Lipinski definition) is 0. The van der Waals surface area contributed by atoms with Gasteiger partial charge in [-0.05, 0) is 67.4 Å². The number of aromatic nitrogens is 1. The molecule has 0 spiro atoms. The second-order valence-corrected chi connectivity index (χ2v) is 9.76. The van der Waals surface area contributed by atoms with Gasteiger partial charge < -0.3 is 23.4 Å². The number of ether oxygens (including phenoxy) is 4. The molecule has 1 aliphatic rings. The van der Waals surface area contributed by atoms with Crippen LogP contribution in [0.25, 0.3) is 11.5 Å². The van der Waals surface area contributed by atoms with Crippen LogP contribution < -0.4 is 14.2 Å². The summed E-state index contributed by atoms with van der Waals surface area (Å²) in [6, 6.07) is 23.5. The van der Waals surface area contributed by atoms with Crippen LogP contribution in [0.15, 0.2) is 83.3 Å². The molecule has 1 aliphatic heterocycles.